The number of hydrogen-bond donors (Lipinski definition) is 0. The van der Waals surface area contributed by atoms with Crippen molar-refractivity contribution in [2.24, 2.45) is 15.0 Å². The molecule has 0 aliphatic heterocycles. The quantitative estimate of drug-likeness (QED) is 0.274. The van der Waals surface area contributed by atoms with Crippen molar-refractivity contribution in [1.82, 2.24) is 4.90 Å². The van der Waals surface area contributed by atoms with E-state index in [4.69, 9.17) is 0 Å². The summed E-state index contributed by atoms with van der Waals surface area (Å²) in [5.41, 5.74) is 1.70. The van der Waals surface area contributed by atoms with Gasteiger partial charge in [0.2, 0.25) is 0 Å². The van der Waals surface area contributed by atoms with Crippen LogP contribution in [0.2, 0.25) is 0 Å². The van der Waals surface area contributed by atoms with Crippen molar-refractivity contribution < 1.29 is 32.4 Å². The first kappa shape index (κ1) is 27.8. The summed E-state index contributed by atoms with van der Waals surface area (Å²) in [6.45, 7) is 3.56. The number of hydrogen-bond acceptors (Lipinski definition) is 7. The summed E-state index contributed by atoms with van der Waals surface area (Å²) < 4.78 is 0. The van der Waals surface area contributed by atoms with Gasteiger partial charge in [-0.25, -0.2) is 0 Å². The van der Waals surface area contributed by atoms with Crippen molar-refractivity contribution >= 4 is 18.6 Å². The molecule has 0 unspecified atom stereocenters. The van der Waals surface area contributed by atoms with Crippen LogP contribution in [0.3, 0.4) is 0 Å². The van der Waals surface area contributed by atoms with E-state index < -0.39 is 0 Å². The van der Waals surface area contributed by atoms with Gasteiger partial charge in [-0.15, -0.1) is 17.2 Å². The van der Waals surface area contributed by atoms with Gasteiger partial charge >= 0.3 is 17.1 Å². The van der Waals surface area contributed by atoms with Crippen LogP contribution >= 0.6 is 0 Å². The molecule has 0 bridgehead atoms. The Hall–Kier alpha value is -3.45. The molecule has 0 saturated carbocycles. The number of para-hydroxylation sites is 3. The van der Waals surface area contributed by atoms with Gasteiger partial charge in [0.25, 0.3) is 0 Å². The molecule has 0 fully saturated rings. The molecule has 0 atom stereocenters. The SMILES string of the molecule is [Mn+3].[O-]c1ccccc1C=NCCN(CCN=Cc1ccccc1[O-])CCN=Cc1ccccc1[O-]. The summed E-state index contributed by atoms with van der Waals surface area (Å²) in [7, 11) is 0. The number of nitrogens with zero attached hydrogens (tertiary/aromatic N) is 4. The van der Waals surface area contributed by atoms with Crippen molar-refractivity contribution in [1.29, 1.82) is 0 Å². The van der Waals surface area contributed by atoms with E-state index in [-0.39, 0.29) is 34.3 Å². The Morgan fingerprint density at radius 2 is 0.800 bits per heavy atom. The van der Waals surface area contributed by atoms with Crippen LogP contribution in [-0.2, 0) is 17.1 Å². The van der Waals surface area contributed by atoms with Crippen LogP contribution in [0.5, 0.6) is 17.2 Å². The third-order valence-corrected chi connectivity index (χ3v) is 5.08. The predicted octanol–water partition coefficient (Wildman–Crippen LogP) is 1.86. The third kappa shape index (κ3) is 9.74. The second-order valence-electron chi connectivity index (χ2n) is 7.56. The fourth-order valence-electron chi connectivity index (χ4n) is 3.18. The Balaban J connectivity index is 0.00000432. The topological polar surface area (TPSA) is 110 Å². The maximum atomic E-state index is 11.8. The van der Waals surface area contributed by atoms with Gasteiger partial charge in [-0.3, -0.25) is 19.9 Å². The summed E-state index contributed by atoms with van der Waals surface area (Å²) in [5, 5.41) is 35.4. The molecule has 8 heteroatoms. The summed E-state index contributed by atoms with van der Waals surface area (Å²) in [5.74, 6) is -0.155. The van der Waals surface area contributed by atoms with Gasteiger partial charge in [0.05, 0.1) is 19.6 Å². The largest absolute Gasteiger partial charge is 3.00 e. The molecule has 0 N–H and O–H groups in total. The molecule has 0 amide bonds. The van der Waals surface area contributed by atoms with E-state index >= 15 is 0 Å². The first-order chi connectivity index (χ1) is 16.6. The molecular weight excluding hydrogens is 483 g/mol. The van der Waals surface area contributed by atoms with E-state index in [9.17, 15) is 15.3 Å². The maximum absolute atomic E-state index is 11.8. The van der Waals surface area contributed by atoms with Crippen LogP contribution in [0.1, 0.15) is 16.7 Å². The monoisotopic (exact) mass is 510 g/mol. The van der Waals surface area contributed by atoms with Crippen molar-refractivity contribution in [3.05, 3.63) is 89.5 Å². The zero-order valence-corrected chi connectivity index (χ0v) is 20.5. The van der Waals surface area contributed by atoms with Crippen molar-refractivity contribution in [2.45, 2.75) is 0 Å². The standard InChI is InChI=1S/C27H30N4O3.Mn/c32-25-10-4-1-7-22(25)19-28-13-16-31(17-14-29-20-23-8-2-5-11-26(23)33)18-15-30-21-24-9-3-6-12-27(24)34;/h1-12,19-21,32-34H,13-18H2;/q;+3/p-3. The average Bonchev–Trinajstić information content (AvgIpc) is 2.84. The Morgan fingerprint density at radius 1 is 0.514 bits per heavy atom. The van der Waals surface area contributed by atoms with Crippen LogP contribution in [-0.4, -0.2) is 62.8 Å². The molecule has 0 aromatic heterocycles. The van der Waals surface area contributed by atoms with E-state index in [0.717, 1.165) is 0 Å². The molecule has 0 heterocycles. The molecule has 180 valence electrons. The third-order valence-electron chi connectivity index (χ3n) is 5.08. The molecule has 0 radical (unpaired) electrons. The van der Waals surface area contributed by atoms with Gasteiger partial charge in [0, 0.05) is 38.3 Å². The Morgan fingerprint density at radius 3 is 1.09 bits per heavy atom. The van der Waals surface area contributed by atoms with Gasteiger partial charge in [-0.05, 0) is 16.7 Å². The van der Waals surface area contributed by atoms with E-state index in [1.807, 2.05) is 18.2 Å². The fraction of sp³-hybridized carbons (Fsp3) is 0.222. The minimum atomic E-state index is -0.0518. The minimum absolute atomic E-state index is 0. The van der Waals surface area contributed by atoms with Crippen molar-refractivity contribution in [3.8, 4) is 17.2 Å². The van der Waals surface area contributed by atoms with E-state index in [1.54, 1.807) is 55.0 Å². The second-order valence-corrected chi connectivity index (χ2v) is 7.56. The van der Waals surface area contributed by atoms with Crippen LogP contribution in [0.4, 0.5) is 0 Å². The van der Waals surface area contributed by atoms with E-state index in [2.05, 4.69) is 19.9 Å². The zero-order chi connectivity index (χ0) is 24.0. The summed E-state index contributed by atoms with van der Waals surface area (Å²) in [4.78, 5) is 15.3. The van der Waals surface area contributed by atoms with Gasteiger partial charge in [0.15, 0.2) is 0 Å². The van der Waals surface area contributed by atoms with Crippen LogP contribution < -0.4 is 15.3 Å². The molecular formula is C27H27MnN4O3. The van der Waals surface area contributed by atoms with Gasteiger partial charge in [0.1, 0.15) is 0 Å². The molecule has 7 nitrogen and oxygen atoms in total. The summed E-state index contributed by atoms with van der Waals surface area (Å²) >= 11 is 0. The van der Waals surface area contributed by atoms with Crippen LogP contribution in [0.15, 0.2) is 87.8 Å². The zero-order valence-electron chi connectivity index (χ0n) is 19.3. The Kier molecular flexibility index (Phi) is 12.3. The second kappa shape index (κ2) is 15.5. The molecule has 3 rings (SSSR count). The molecule has 0 aliphatic rings. The van der Waals surface area contributed by atoms with Crippen molar-refractivity contribution in [3.63, 3.8) is 0 Å². The van der Waals surface area contributed by atoms with Gasteiger partial charge in [-0.2, -0.15) is 0 Å². The Labute approximate surface area is 216 Å². The van der Waals surface area contributed by atoms with Gasteiger partial charge in [-0.1, -0.05) is 72.8 Å². The number of aliphatic imine (C=N–C) groups is 3. The molecule has 0 aliphatic carbocycles. The molecule has 0 saturated heterocycles. The van der Waals surface area contributed by atoms with E-state index in [0.29, 0.717) is 56.0 Å². The first-order valence-corrected chi connectivity index (χ1v) is 11.1. The summed E-state index contributed by atoms with van der Waals surface area (Å²) in [6.07, 6.45) is 4.81. The molecule has 35 heavy (non-hydrogen) atoms. The van der Waals surface area contributed by atoms with E-state index in [1.165, 1.54) is 18.2 Å². The molecule has 3 aromatic carbocycles. The maximum Gasteiger partial charge on any atom is 3.00 e. The number of benzene rings is 3. The average molecular weight is 510 g/mol. The molecule has 3 aromatic rings. The smallest absolute Gasteiger partial charge is 0.872 e. The van der Waals surface area contributed by atoms with Crippen molar-refractivity contribution in [2.75, 3.05) is 39.3 Å². The fourth-order valence-corrected chi connectivity index (χ4v) is 3.18. The minimum Gasteiger partial charge on any atom is -0.872 e. The predicted molar refractivity (Wildman–Crippen MR) is 131 cm³/mol. The first-order valence-electron chi connectivity index (χ1n) is 11.1. The van der Waals surface area contributed by atoms with Gasteiger partial charge < -0.3 is 15.3 Å². The Bertz CT molecular complexity index is 993. The van der Waals surface area contributed by atoms with Crippen LogP contribution in [0.25, 0.3) is 0 Å². The molecule has 0 spiro atoms. The normalized spacial score (nSPS) is 11.6. The van der Waals surface area contributed by atoms with Crippen LogP contribution in [0, 0.1) is 0 Å². The number of rotatable bonds is 12. The summed E-state index contributed by atoms with van der Waals surface area (Å²) in [6, 6.07) is 20.3.